The zero-order valence-electron chi connectivity index (χ0n) is 14.2. The highest BCUT2D eigenvalue weighted by Gasteiger charge is 2.30. The number of hydrogen-bond donors (Lipinski definition) is 2. The molecule has 1 aromatic carbocycles. The third-order valence-electron chi connectivity index (χ3n) is 4.13. The molecule has 140 valence electrons. The lowest BCUT2D eigenvalue weighted by molar-refractivity contribution is 0.101. The molecular weight excluding hydrogens is 366 g/mol. The summed E-state index contributed by atoms with van der Waals surface area (Å²) in [5, 5.41) is 3.96. The van der Waals surface area contributed by atoms with Crippen LogP contribution >= 0.6 is 0 Å². The molecule has 0 bridgehead atoms. The summed E-state index contributed by atoms with van der Waals surface area (Å²) in [6, 6.07) is 3.01. The molecule has 1 aromatic heterocycles. The van der Waals surface area contributed by atoms with Crippen LogP contribution in [0.15, 0.2) is 29.3 Å². The van der Waals surface area contributed by atoms with E-state index in [9.17, 15) is 22.0 Å². The Balaban J connectivity index is 1.99. The molecule has 2 N–H and O–H groups in total. The lowest BCUT2D eigenvalue weighted by Gasteiger charge is -2.21. The van der Waals surface area contributed by atoms with Gasteiger partial charge in [-0.25, -0.2) is 22.2 Å². The lowest BCUT2D eigenvalue weighted by atomic mass is 10.1. The number of carbonyl (C=O) groups excluding carboxylic acids is 1. The van der Waals surface area contributed by atoms with Gasteiger partial charge in [-0.15, -0.1) is 4.83 Å². The quantitative estimate of drug-likeness (QED) is 0.824. The van der Waals surface area contributed by atoms with E-state index in [1.165, 1.54) is 21.8 Å². The smallest absolute Gasteiger partial charge is 0.272 e. The van der Waals surface area contributed by atoms with Crippen molar-refractivity contribution in [2.24, 2.45) is 7.05 Å². The molecule has 0 spiro atoms. The summed E-state index contributed by atoms with van der Waals surface area (Å²) < 4.78 is 52.8. The summed E-state index contributed by atoms with van der Waals surface area (Å²) in [6.45, 7) is 0.484. The first-order valence-corrected chi connectivity index (χ1v) is 9.35. The molecule has 0 fully saturated rings. The Bertz CT molecular complexity index is 972. The van der Waals surface area contributed by atoms with Crippen molar-refractivity contribution in [3.05, 3.63) is 47.3 Å². The largest absolute Gasteiger partial charge is 0.345 e. The van der Waals surface area contributed by atoms with Crippen molar-refractivity contribution in [3.8, 4) is 0 Å². The van der Waals surface area contributed by atoms with E-state index < -0.39 is 27.6 Å². The number of aryl methyl sites for hydroxylation is 1. The predicted octanol–water partition coefficient (Wildman–Crippen LogP) is 1.63. The number of nitrogens with zero attached hydrogens (tertiary/aromatic N) is 2. The molecule has 1 amide bonds. The minimum absolute atomic E-state index is 0.0296. The van der Waals surface area contributed by atoms with Crippen molar-refractivity contribution in [1.82, 2.24) is 14.4 Å². The summed E-state index contributed by atoms with van der Waals surface area (Å²) in [5.74, 6) is -2.70. The monoisotopic (exact) mass is 384 g/mol. The number of sulfonamides is 1. The summed E-state index contributed by atoms with van der Waals surface area (Å²) in [6.07, 6.45) is 2.40. The summed E-state index contributed by atoms with van der Waals surface area (Å²) in [7, 11) is -0.619. The van der Waals surface area contributed by atoms with Crippen LogP contribution in [0.25, 0.3) is 0 Å². The second kappa shape index (κ2) is 6.78. The number of halogens is 2. The molecule has 0 atom stereocenters. The Hall–Kier alpha value is -2.30. The van der Waals surface area contributed by atoms with Crippen LogP contribution in [0, 0.1) is 11.6 Å². The van der Waals surface area contributed by atoms with E-state index in [4.69, 9.17) is 0 Å². The molecule has 3 rings (SSSR count). The molecule has 0 saturated carbocycles. The Kier molecular flexibility index (Phi) is 4.82. The van der Waals surface area contributed by atoms with Gasteiger partial charge in [0.2, 0.25) is 0 Å². The van der Waals surface area contributed by atoms with Crippen LogP contribution in [0.2, 0.25) is 0 Å². The first-order chi connectivity index (χ1) is 12.2. The van der Waals surface area contributed by atoms with Gasteiger partial charge >= 0.3 is 0 Å². The number of benzene rings is 1. The first kappa shape index (κ1) is 18.5. The van der Waals surface area contributed by atoms with Crippen molar-refractivity contribution in [2.45, 2.75) is 17.7 Å². The van der Waals surface area contributed by atoms with Crippen LogP contribution in [0.3, 0.4) is 0 Å². The number of hydrogen-bond acceptors (Lipinski definition) is 4. The molecule has 7 nitrogen and oxygen atoms in total. The number of hydrazine groups is 1. The van der Waals surface area contributed by atoms with Crippen LogP contribution in [0.4, 0.5) is 14.5 Å². The van der Waals surface area contributed by atoms with Crippen molar-refractivity contribution in [2.75, 3.05) is 18.9 Å². The third-order valence-corrected chi connectivity index (χ3v) is 5.61. The van der Waals surface area contributed by atoms with Gasteiger partial charge < -0.3 is 9.88 Å². The zero-order chi connectivity index (χ0) is 19.1. The number of rotatable bonds is 2. The molecule has 1 aliphatic rings. The van der Waals surface area contributed by atoms with E-state index >= 15 is 0 Å². The van der Waals surface area contributed by atoms with Crippen LogP contribution in [-0.4, -0.2) is 37.5 Å². The van der Waals surface area contributed by atoms with Gasteiger partial charge in [-0.2, -0.15) is 0 Å². The summed E-state index contributed by atoms with van der Waals surface area (Å²) in [4.78, 5) is 15.1. The van der Waals surface area contributed by atoms with Crippen molar-refractivity contribution >= 4 is 21.6 Å². The van der Waals surface area contributed by atoms with Gasteiger partial charge in [0.25, 0.3) is 15.9 Å². The van der Waals surface area contributed by atoms with E-state index in [1.54, 1.807) is 14.1 Å². The topological polar surface area (TPSA) is 83.4 Å². The van der Waals surface area contributed by atoms with E-state index in [2.05, 4.69) is 10.1 Å². The van der Waals surface area contributed by atoms with Gasteiger partial charge in [0.1, 0.15) is 10.6 Å². The normalized spacial score (nSPS) is 17.2. The highest BCUT2D eigenvalue weighted by Crippen LogP contribution is 2.26. The maximum absolute atomic E-state index is 13.3. The molecule has 0 unspecified atom stereocenters. The molecule has 2 heterocycles. The number of fused-ring (bicyclic) bond motifs is 1. The second-order valence-corrected chi connectivity index (χ2v) is 7.76. The fourth-order valence-electron chi connectivity index (χ4n) is 2.98. The van der Waals surface area contributed by atoms with Crippen LogP contribution in [0.5, 0.6) is 0 Å². The predicted molar refractivity (Wildman–Crippen MR) is 91.0 cm³/mol. The van der Waals surface area contributed by atoms with Gasteiger partial charge in [0.15, 0.2) is 11.6 Å². The van der Waals surface area contributed by atoms with Gasteiger partial charge in [-0.1, -0.05) is 0 Å². The van der Waals surface area contributed by atoms with E-state index in [0.29, 0.717) is 24.9 Å². The molecule has 10 heteroatoms. The highest BCUT2D eigenvalue weighted by molar-refractivity contribution is 7.89. The van der Waals surface area contributed by atoms with Gasteiger partial charge in [-0.05, 0) is 25.0 Å². The minimum atomic E-state index is -3.81. The average molecular weight is 384 g/mol. The van der Waals surface area contributed by atoms with Gasteiger partial charge in [-0.3, -0.25) is 4.79 Å². The van der Waals surface area contributed by atoms with E-state index in [1.807, 2.05) is 0 Å². The van der Waals surface area contributed by atoms with Gasteiger partial charge in [0.05, 0.1) is 0 Å². The molecule has 0 aliphatic carbocycles. The average Bonchev–Trinajstić information content (AvgIpc) is 2.87. The fourth-order valence-corrected chi connectivity index (χ4v) is 4.40. The van der Waals surface area contributed by atoms with Crippen LogP contribution in [-0.2, 0) is 23.5 Å². The Labute approximate surface area is 149 Å². The lowest BCUT2D eigenvalue weighted by Crippen LogP contribution is -2.41. The number of aromatic nitrogens is 1. The Morgan fingerprint density at radius 1 is 1.23 bits per heavy atom. The van der Waals surface area contributed by atoms with Crippen LogP contribution in [0.1, 0.15) is 22.5 Å². The zero-order valence-corrected chi connectivity index (χ0v) is 15.0. The summed E-state index contributed by atoms with van der Waals surface area (Å²) in [5.41, 5.74) is 0.642. The second-order valence-electron chi connectivity index (χ2n) is 6.13. The van der Waals surface area contributed by atoms with Crippen molar-refractivity contribution in [1.29, 1.82) is 0 Å². The Morgan fingerprint density at radius 3 is 2.65 bits per heavy atom. The van der Waals surface area contributed by atoms with Crippen LogP contribution < -0.4 is 10.1 Å². The SMILES string of the molecule is CN1CCCc2c(cn(C)c2C(=O)Nc2ccc(F)c(F)c2)S(=O)(=O)N1. The number of amides is 1. The molecule has 0 saturated heterocycles. The molecule has 26 heavy (non-hydrogen) atoms. The van der Waals surface area contributed by atoms with Crippen molar-refractivity contribution < 1.29 is 22.0 Å². The minimum Gasteiger partial charge on any atom is -0.345 e. The maximum Gasteiger partial charge on any atom is 0.272 e. The third kappa shape index (κ3) is 3.48. The number of carbonyl (C=O) groups is 1. The standard InChI is InChI=1S/C16H18F2N4O3S/c1-21-9-14-11(4-3-7-22(2)20-26(14,24)25)15(21)16(23)19-10-5-6-12(17)13(18)8-10/h5-6,8-9,20H,3-4,7H2,1-2H3,(H,19,23). The van der Waals surface area contributed by atoms with E-state index in [0.717, 1.165) is 12.1 Å². The number of nitrogens with one attached hydrogen (secondary N) is 2. The fraction of sp³-hybridized carbons (Fsp3) is 0.312. The Morgan fingerprint density at radius 2 is 1.96 bits per heavy atom. The van der Waals surface area contributed by atoms with Crippen molar-refractivity contribution in [3.63, 3.8) is 0 Å². The molecule has 2 aromatic rings. The molecular formula is C16H18F2N4O3S. The molecule has 0 radical (unpaired) electrons. The highest BCUT2D eigenvalue weighted by atomic mass is 32.2. The first-order valence-electron chi connectivity index (χ1n) is 7.87. The van der Waals surface area contributed by atoms with E-state index in [-0.39, 0.29) is 16.3 Å². The molecule has 1 aliphatic heterocycles. The summed E-state index contributed by atoms with van der Waals surface area (Å²) >= 11 is 0. The number of anilines is 1. The maximum atomic E-state index is 13.3. The van der Waals surface area contributed by atoms with Gasteiger partial charge in [0, 0.05) is 44.2 Å².